The van der Waals surface area contributed by atoms with Crippen LogP contribution in [0.4, 0.5) is 0 Å². The Morgan fingerprint density at radius 3 is 1.90 bits per heavy atom. The van der Waals surface area contributed by atoms with Crippen LogP contribution in [0, 0.1) is 0 Å². The Balaban J connectivity index is 0. The first kappa shape index (κ1) is 12.6. The van der Waals surface area contributed by atoms with E-state index in [4.69, 9.17) is 5.73 Å². The van der Waals surface area contributed by atoms with E-state index in [1.54, 1.807) is 0 Å². The summed E-state index contributed by atoms with van der Waals surface area (Å²) in [4.78, 5) is 2.12. The van der Waals surface area contributed by atoms with Crippen LogP contribution in [-0.4, -0.2) is 24.7 Å². The van der Waals surface area contributed by atoms with Crippen molar-refractivity contribution in [1.82, 2.24) is 4.90 Å². The summed E-state index contributed by atoms with van der Waals surface area (Å²) < 4.78 is 0. The van der Waals surface area contributed by atoms with Gasteiger partial charge < -0.3 is 5.73 Å². The third-order valence-electron chi connectivity index (χ3n) is 1.63. The lowest BCUT2D eigenvalue weighted by atomic mass is 10.2. The molecule has 0 aromatic heterocycles. The fraction of sp³-hybridized carbons (Fsp3) is 1.00. The van der Waals surface area contributed by atoms with Crippen LogP contribution in [0.1, 0.15) is 34.1 Å². The molecule has 0 fully saturated rings. The fourth-order valence-electron chi connectivity index (χ4n) is 0.492. The summed E-state index contributed by atoms with van der Waals surface area (Å²) in [5.74, 6) is 0. The van der Waals surface area contributed by atoms with Crippen molar-refractivity contribution in [3.8, 4) is 0 Å². The van der Waals surface area contributed by atoms with Crippen molar-refractivity contribution < 1.29 is 0 Å². The maximum atomic E-state index is 5.37. The molecule has 0 rings (SSSR count). The Labute approximate surface area is 65.4 Å². The van der Waals surface area contributed by atoms with E-state index >= 15 is 0 Å². The van der Waals surface area contributed by atoms with E-state index in [0.717, 1.165) is 0 Å². The Morgan fingerprint density at radius 1 is 1.40 bits per heavy atom. The molecule has 0 heterocycles. The van der Waals surface area contributed by atoms with Gasteiger partial charge in [-0.2, -0.15) is 0 Å². The summed E-state index contributed by atoms with van der Waals surface area (Å²) in [5.41, 5.74) is 5.37. The van der Waals surface area contributed by atoms with Crippen molar-refractivity contribution >= 4 is 0 Å². The molecule has 0 aromatic rings. The molecule has 0 saturated heterocycles. The average Bonchev–Trinajstić information content (AvgIpc) is 2.05. The van der Waals surface area contributed by atoms with Gasteiger partial charge in [0.1, 0.15) is 0 Å². The third-order valence-corrected chi connectivity index (χ3v) is 1.63. The molecule has 0 aliphatic carbocycles. The quantitative estimate of drug-likeness (QED) is 0.614. The highest BCUT2D eigenvalue weighted by atomic mass is 15.2. The van der Waals surface area contributed by atoms with Gasteiger partial charge in [0.25, 0.3) is 0 Å². The van der Waals surface area contributed by atoms with E-state index in [2.05, 4.69) is 18.7 Å². The van der Waals surface area contributed by atoms with Gasteiger partial charge in [-0.05, 0) is 20.4 Å². The van der Waals surface area contributed by atoms with Crippen LogP contribution in [0.2, 0.25) is 0 Å². The van der Waals surface area contributed by atoms with Gasteiger partial charge in [0.15, 0.2) is 0 Å². The van der Waals surface area contributed by atoms with Gasteiger partial charge in [-0.25, -0.2) is 0 Å². The van der Waals surface area contributed by atoms with Crippen molar-refractivity contribution in [2.24, 2.45) is 5.73 Å². The second-order valence-corrected chi connectivity index (χ2v) is 2.20. The van der Waals surface area contributed by atoms with E-state index in [9.17, 15) is 0 Å². The molecular weight excluding hydrogens is 124 g/mol. The summed E-state index contributed by atoms with van der Waals surface area (Å²) in [7, 11) is 2.04. The summed E-state index contributed by atoms with van der Waals surface area (Å²) >= 11 is 0. The second kappa shape index (κ2) is 8.92. The minimum atomic E-state index is 0.625. The van der Waals surface area contributed by atoms with Crippen LogP contribution >= 0.6 is 0 Å². The van der Waals surface area contributed by atoms with Crippen LogP contribution in [0.25, 0.3) is 0 Å². The highest BCUT2D eigenvalue weighted by molar-refractivity contribution is 4.56. The lowest BCUT2D eigenvalue weighted by Crippen LogP contribution is -2.33. The van der Waals surface area contributed by atoms with E-state index < -0.39 is 0 Å². The molecule has 64 valence electrons. The zero-order valence-corrected chi connectivity index (χ0v) is 8.02. The molecular formula is C8H22N2. The minimum absolute atomic E-state index is 0.625. The SMILES string of the molecule is CC.CCC(C)N(C)CN. The number of rotatable bonds is 3. The van der Waals surface area contributed by atoms with Gasteiger partial charge in [-0.1, -0.05) is 20.8 Å². The molecule has 0 saturated carbocycles. The molecule has 0 aliphatic heterocycles. The van der Waals surface area contributed by atoms with Crippen LogP contribution in [0.5, 0.6) is 0 Å². The van der Waals surface area contributed by atoms with Crippen LogP contribution in [0.15, 0.2) is 0 Å². The number of nitrogens with zero attached hydrogens (tertiary/aromatic N) is 1. The smallest absolute Gasteiger partial charge is 0.0454 e. The van der Waals surface area contributed by atoms with Gasteiger partial charge in [0.2, 0.25) is 0 Å². The zero-order chi connectivity index (χ0) is 8.57. The Hall–Kier alpha value is -0.0800. The van der Waals surface area contributed by atoms with Gasteiger partial charge in [0, 0.05) is 12.7 Å². The number of hydrogen-bond donors (Lipinski definition) is 1. The number of hydrogen-bond acceptors (Lipinski definition) is 2. The summed E-state index contributed by atoms with van der Waals surface area (Å²) in [6, 6.07) is 0.625. The lowest BCUT2D eigenvalue weighted by Gasteiger charge is -2.20. The molecule has 0 amide bonds. The normalized spacial score (nSPS) is 12.3. The molecule has 0 bridgehead atoms. The largest absolute Gasteiger partial charge is 0.318 e. The summed E-state index contributed by atoms with van der Waals surface area (Å²) in [6.45, 7) is 9.00. The molecule has 0 radical (unpaired) electrons. The van der Waals surface area contributed by atoms with Crippen LogP contribution < -0.4 is 5.73 Å². The molecule has 10 heavy (non-hydrogen) atoms. The highest BCUT2D eigenvalue weighted by Gasteiger charge is 2.01. The first-order valence-corrected chi connectivity index (χ1v) is 4.12. The van der Waals surface area contributed by atoms with Crippen molar-refractivity contribution in [1.29, 1.82) is 0 Å². The van der Waals surface area contributed by atoms with E-state index in [1.165, 1.54) is 6.42 Å². The van der Waals surface area contributed by atoms with Gasteiger partial charge in [0.05, 0.1) is 0 Å². The fourth-order valence-corrected chi connectivity index (χ4v) is 0.492. The van der Waals surface area contributed by atoms with Crippen molar-refractivity contribution in [3.05, 3.63) is 0 Å². The van der Waals surface area contributed by atoms with E-state index in [-0.39, 0.29) is 0 Å². The first-order valence-electron chi connectivity index (χ1n) is 4.12. The predicted octanol–water partition coefficient (Wildman–Crippen LogP) is 1.66. The minimum Gasteiger partial charge on any atom is -0.318 e. The lowest BCUT2D eigenvalue weighted by molar-refractivity contribution is 0.259. The van der Waals surface area contributed by atoms with E-state index in [1.807, 2.05) is 20.9 Å². The monoisotopic (exact) mass is 146 g/mol. The molecule has 0 spiro atoms. The second-order valence-electron chi connectivity index (χ2n) is 2.20. The first-order chi connectivity index (χ1) is 4.72. The van der Waals surface area contributed by atoms with Crippen LogP contribution in [-0.2, 0) is 0 Å². The van der Waals surface area contributed by atoms with Gasteiger partial charge in [-0.3, -0.25) is 4.90 Å². The Morgan fingerprint density at radius 2 is 1.80 bits per heavy atom. The van der Waals surface area contributed by atoms with Crippen molar-refractivity contribution in [2.45, 2.75) is 40.2 Å². The van der Waals surface area contributed by atoms with Crippen molar-refractivity contribution in [2.75, 3.05) is 13.7 Å². The maximum Gasteiger partial charge on any atom is 0.0454 e. The molecule has 2 N–H and O–H groups in total. The standard InChI is InChI=1S/C6H16N2.C2H6/c1-4-6(2)8(3)5-7;1-2/h6H,4-5,7H2,1-3H3;1-2H3. The molecule has 1 unspecified atom stereocenters. The molecule has 1 atom stereocenters. The molecule has 2 heteroatoms. The summed E-state index contributed by atoms with van der Waals surface area (Å²) in [6.07, 6.45) is 1.17. The Kier molecular flexibility index (Phi) is 11.2. The molecule has 2 nitrogen and oxygen atoms in total. The third kappa shape index (κ3) is 6.05. The topological polar surface area (TPSA) is 29.3 Å². The van der Waals surface area contributed by atoms with E-state index in [0.29, 0.717) is 12.7 Å². The summed E-state index contributed by atoms with van der Waals surface area (Å²) in [5, 5.41) is 0. The molecule has 0 aromatic carbocycles. The van der Waals surface area contributed by atoms with Crippen molar-refractivity contribution in [3.63, 3.8) is 0 Å². The highest BCUT2D eigenvalue weighted by Crippen LogP contribution is 1.95. The zero-order valence-electron chi connectivity index (χ0n) is 8.02. The van der Waals surface area contributed by atoms with Gasteiger partial charge >= 0.3 is 0 Å². The average molecular weight is 146 g/mol. The maximum absolute atomic E-state index is 5.37. The van der Waals surface area contributed by atoms with Gasteiger partial charge in [-0.15, -0.1) is 0 Å². The Bertz CT molecular complexity index is 47.2. The predicted molar refractivity (Wildman–Crippen MR) is 47.9 cm³/mol. The van der Waals surface area contributed by atoms with Crippen LogP contribution in [0.3, 0.4) is 0 Å². The number of nitrogens with two attached hydrogens (primary N) is 1. The molecule has 0 aliphatic rings.